The molecule has 0 aliphatic carbocycles. The minimum Gasteiger partial charge on any atom is -0.338 e. The number of pyridine rings is 1. The van der Waals surface area contributed by atoms with Gasteiger partial charge in [0.2, 0.25) is 11.7 Å². The third-order valence-electron chi connectivity index (χ3n) is 3.99. The van der Waals surface area contributed by atoms with Gasteiger partial charge >= 0.3 is 0 Å². The highest BCUT2D eigenvalue weighted by Crippen LogP contribution is 2.23. The first-order valence-corrected chi connectivity index (χ1v) is 9.60. The molecule has 0 saturated heterocycles. The second-order valence-corrected chi connectivity index (χ2v) is 6.85. The Morgan fingerprint density at radius 1 is 1.15 bits per heavy atom. The molecule has 0 fully saturated rings. The summed E-state index contributed by atoms with van der Waals surface area (Å²) in [6.45, 7) is 2.65. The van der Waals surface area contributed by atoms with Crippen molar-refractivity contribution in [2.45, 2.75) is 30.8 Å². The lowest BCUT2D eigenvalue weighted by Crippen LogP contribution is -2.23. The Balaban J connectivity index is 1.61. The van der Waals surface area contributed by atoms with Crippen molar-refractivity contribution < 1.29 is 4.52 Å². The van der Waals surface area contributed by atoms with E-state index in [0.717, 1.165) is 12.0 Å². The van der Waals surface area contributed by atoms with Crippen LogP contribution in [-0.4, -0.2) is 24.7 Å². The van der Waals surface area contributed by atoms with Crippen LogP contribution >= 0.6 is 11.8 Å². The van der Waals surface area contributed by atoms with Crippen molar-refractivity contribution in [1.82, 2.24) is 24.7 Å². The largest absolute Gasteiger partial charge is 0.338 e. The van der Waals surface area contributed by atoms with E-state index in [1.54, 1.807) is 17.0 Å². The van der Waals surface area contributed by atoms with Crippen molar-refractivity contribution in [3.8, 4) is 11.4 Å². The fourth-order valence-electron chi connectivity index (χ4n) is 2.73. The summed E-state index contributed by atoms with van der Waals surface area (Å²) in [5.74, 6) is 1.40. The van der Waals surface area contributed by atoms with Crippen LogP contribution in [0.4, 0.5) is 0 Å². The summed E-state index contributed by atoms with van der Waals surface area (Å²) >= 11 is 1.42. The summed E-state index contributed by atoms with van der Waals surface area (Å²) in [5.41, 5.74) is 1.47. The van der Waals surface area contributed by atoms with Gasteiger partial charge in [0.15, 0.2) is 5.16 Å². The number of hydrogen-bond acceptors (Lipinski definition) is 7. The minimum absolute atomic E-state index is 0.0217. The van der Waals surface area contributed by atoms with Gasteiger partial charge in [-0.05, 0) is 30.7 Å². The summed E-state index contributed by atoms with van der Waals surface area (Å²) in [7, 11) is 0. The summed E-state index contributed by atoms with van der Waals surface area (Å²) in [6, 6.07) is 11.1. The van der Waals surface area contributed by atoms with Crippen LogP contribution in [0.2, 0.25) is 0 Å². The number of rotatable bonds is 6. The molecule has 3 heterocycles. The molecule has 0 aliphatic rings. The fourth-order valence-corrected chi connectivity index (χ4v) is 3.59. The lowest BCUT2D eigenvalue weighted by molar-refractivity contribution is 0.391. The molecule has 0 atom stereocenters. The lowest BCUT2D eigenvalue weighted by atomic mass is 10.2. The van der Waals surface area contributed by atoms with Crippen LogP contribution in [0.3, 0.4) is 0 Å². The second kappa shape index (κ2) is 7.71. The molecular formula is C19H17N5O2S. The second-order valence-electron chi connectivity index (χ2n) is 5.91. The number of hydrogen-bond donors (Lipinski definition) is 0. The van der Waals surface area contributed by atoms with E-state index >= 15 is 0 Å². The Morgan fingerprint density at radius 2 is 2.04 bits per heavy atom. The molecular weight excluding hydrogens is 362 g/mol. The van der Waals surface area contributed by atoms with Crippen molar-refractivity contribution in [2.75, 3.05) is 0 Å². The summed E-state index contributed by atoms with van der Waals surface area (Å²) in [6.07, 6.45) is 4.23. The molecule has 1 aromatic carbocycles. The zero-order chi connectivity index (χ0) is 18.6. The highest BCUT2D eigenvalue weighted by atomic mass is 32.2. The molecule has 4 rings (SSSR count). The summed E-state index contributed by atoms with van der Waals surface area (Å²) in [5, 5.41) is 5.28. The first-order chi connectivity index (χ1) is 13.3. The third-order valence-corrected chi connectivity index (χ3v) is 4.95. The Kier molecular flexibility index (Phi) is 4.97. The third kappa shape index (κ3) is 3.61. The fraction of sp³-hybridized carbons (Fsp3) is 0.211. The lowest BCUT2D eigenvalue weighted by Gasteiger charge is -2.11. The standard InChI is InChI=1S/C19H17N5O2S/c1-2-10-24-18(25)14-7-3-4-8-15(14)21-19(24)27-12-16-22-17(23-26-16)13-6-5-9-20-11-13/h3-9,11H,2,10,12H2,1H3. The summed E-state index contributed by atoms with van der Waals surface area (Å²) < 4.78 is 7.05. The molecule has 7 nitrogen and oxygen atoms in total. The molecule has 0 aliphatic heterocycles. The van der Waals surface area contributed by atoms with Crippen LogP contribution in [0, 0.1) is 0 Å². The number of para-hydroxylation sites is 1. The predicted molar refractivity (Wildman–Crippen MR) is 103 cm³/mol. The van der Waals surface area contributed by atoms with Gasteiger partial charge in [-0.15, -0.1) is 0 Å². The maximum Gasteiger partial charge on any atom is 0.262 e. The number of nitrogens with zero attached hydrogens (tertiary/aromatic N) is 5. The quantitative estimate of drug-likeness (QED) is 0.374. The van der Waals surface area contributed by atoms with Crippen molar-refractivity contribution in [3.05, 3.63) is 65.0 Å². The van der Waals surface area contributed by atoms with E-state index in [1.165, 1.54) is 11.8 Å². The van der Waals surface area contributed by atoms with E-state index in [4.69, 9.17) is 4.52 Å². The van der Waals surface area contributed by atoms with E-state index in [9.17, 15) is 4.79 Å². The van der Waals surface area contributed by atoms with E-state index in [0.29, 0.717) is 40.1 Å². The van der Waals surface area contributed by atoms with Gasteiger partial charge in [-0.3, -0.25) is 14.3 Å². The van der Waals surface area contributed by atoms with Gasteiger partial charge < -0.3 is 4.52 Å². The minimum atomic E-state index is -0.0217. The molecule has 0 saturated carbocycles. The van der Waals surface area contributed by atoms with Crippen LogP contribution in [0.25, 0.3) is 22.3 Å². The van der Waals surface area contributed by atoms with Crippen LogP contribution in [0.15, 0.2) is 63.3 Å². The van der Waals surface area contributed by atoms with Gasteiger partial charge in [-0.2, -0.15) is 4.98 Å². The van der Waals surface area contributed by atoms with Crippen molar-refractivity contribution >= 4 is 22.7 Å². The molecule has 0 N–H and O–H groups in total. The van der Waals surface area contributed by atoms with Gasteiger partial charge in [0.05, 0.1) is 16.7 Å². The topological polar surface area (TPSA) is 86.7 Å². The zero-order valence-corrected chi connectivity index (χ0v) is 15.5. The average molecular weight is 379 g/mol. The number of fused-ring (bicyclic) bond motifs is 1. The number of aromatic nitrogens is 5. The Hall–Kier alpha value is -3.00. The van der Waals surface area contributed by atoms with Gasteiger partial charge in [0.1, 0.15) is 0 Å². The maximum atomic E-state index is 12.8. The molecule has 0 unspecified atom stereocenters. The number of benzene rings is 1. The Bertz CT molecular complexity index is 1120. The first-order valence-electron chi connectivity index (χ1n) is 8.61. The summed E-state index contributed by atoms with van der Waals surface area (Å²) in [4.78, 5) is 25.9. The van der Waals surface area contributed by atoms with E-state index in [1.807, 2.05) is 43.3 Å². The van der Waals surface area contributed by atoms with Crippen LogP contribution in [-0.2, 0) is 12.3 Å². The van der Waals surface area contributed by atoms with E-state index in [-0.39, 0.29) is 5.56 Å². The highest BCUT2D eigenvalue weighted by molar-refractivity contribution is 7.98. The molecule has 8 heteroatoms. The van der Waals surface area contributed by atoms with Crippen LogP contribution in [0.5, 0.6) is 0 Å². The van der Waals surface area contributed by atoms with Gasteiger partial charge in [-0.25, -0.2) is 4.98 Å². The molecule has 4 aromatic rings. The molecule has 0 amide bonds. The predicted octanol–water partition coefficient (Wildman–Crippen LogP) is 3.54. The van der Waals surface area contributed by atoms with Crippen molar-refractivity contribution in [1.29, 1.82) is 0 Å². The van der Waals surface area contributed by atoms with Crippen LogP contribution in [0.1, 0.15) is 19.2 Å². The average Bonchev–Trinajstić information content (AvgIpc) is 3.19. The molecule has 0 bridgehead atoms. The van der Waals surface area contributed by atoms with Crippen LogP contribution < -0.4 is 5.56 Å². The van der Waals surface area contributed by atoms with Gasteiger partial charge in [0, 0.05) is 24.5 Å². The van der Waals surface area contributed by atoms with Crippen molar-refractivity contribution in [2.24, 2.45) is 0 Å². The van der Waals surface area contributed by atoms with E-state index < -0.39 is 0 Å². The van der Waals surface area contributed by atoms with E-state index in [2.05, 4.69) is 20.1 Å². The van der Waals surface area contributed by atoms with Crippen molar-refractivity contribution in [3.63, 3.8) is 0 Å². The molecule has 3 aromatic heterocycles. The zero-order valence-electron chi connectivity index (χ0n) is 14.7. The molecule has 0 radical (unpaired) electrons. The molecule has 136 valence electrons. The monoisotopic (exact) mass is 379 g/mol. The maximum absolute atomic E-state index is 12.8. The first kappa shape index (κ1) is 17.4. The molecule has 27 heavy (non-hydrogen) atoms. The van der Waals surface area contributed by atoms with Gasteiger partial charge in [-0.1, -0.05) is 36.0 Å². The number of thioether (sulfide) groups is 1. The Labute approximate surface area is 159 Å². The highest BCUT2D eigenvalue weighted by Gasteiger charge is 2.14. The SMILES string of the molecule is CCCn1c(SCc2nc(-c3cccnc3)no2)nc2ccccc2c1=O. The smallest absolute Gasteiger partial charge is 0.262 e. The normalized spacial score (nSPS) is 11.1. The molecule has 0 spiro atoms. The van der Waals surface area contributed by atoms with Gasteiger partial charge in [0.25, 0.3) is 5.56 Å². The Morgan fingerprint density at radius 3 is 2.85 bits per heavy atom.